The molecule has 0 spiro atoms. The lowest BCUT2D eigenvalue weighted by Gasteiger charge is -2.13. The molecule has 2 aromatic carbocycles. The molecule has 0 radical (unpaired) electrons. The van der Waals surface area contributed by atoms with Gasteiger partial charge in [0.15, 0.2) is 0 Å². The minimum absolute atomic E-state index is 0.293. The fraction of sp³-hybridized carbons (Fsp3) is 0.333. The highest BCUT2D eigenvalue weighted by Gasteiger charge is 2.12. The van der Waals surface area contributed by atoms with Crippen molar-refractivity contribution in [1.82, 2.24) is 0 Å². The highest BCUT2D eigenvalue weighted by Crippen LogP contribution is 2.26. The Morgan fingerprint density at radius 3 is 2.60 bits per heavy atom. The van der Waals surface area contributed by atoms with Crippen molar-refractivity contribution in [2.24, 2.45) is 0 Å². The molecule has 104 valence electrons. The van der Waals surface area contributed by atoms with Gasteiger partial charge in [-0.05, 0) is 55.0 Å². The lowest BCUT2D eigenvalue weighted by atomic mass is 10.1. The highest BCUT2D eigenvalue weighted by atomic mass is 16.5. The zero-order valence-electron chi connectivity index (χ0n) is 11.8. The predicted octanol–water partition coefficient (Wildman–Crippen LogP) is 3.60. The van der Waals surface area contributed by atoms with Crippen molar-refractivity contribution in [3.05, 3.63) is 64.7 Å². The first-order valence-electron chi connectivity index (χ1n) is 7.21. The first kappa shape index (κ1) is 13.2. The molecule has 2 aromatic rings. The summed E-state index contributed by atoms with van der Waals surface area (Å²) in [4.78, 5) is 0. The topological polar surface area (TPSA) is 29.5 Å². The van der Waals surface area contributed by atoms with Crippen molar-refractivity contribution >= 4 is 0 Å². The van der Waals surface area contributed by atoms with E-state index in [1.165, 1.54) is 29.5 Å². The summed E-state index contributed by atoms with van der Waals surface area (Å²) in [6.07, 6.45) is 2.99. The van der Waals surface area contributed by atoms with Crippen LogP contribution in [0.5, 0.6) is 5.75 Å². The molecule has 0 heterocycles. The lowest BCUT2D eigenvalue weighted by Crippen LogP contribution is -2.09. The van der Waals surface area contributed by atoms with Gasteiger partial charge < -0.3 is 9.84 Å². The minimum Gasteiger partial charge on any atom is -0.491 e. The van der Waals surface area contributed by atoms with Crippen LogP contribution in [-0.4, -0.2) is 11.7 Å². The van der Waals surface area contributed by atoms with E-state index >= 15 is 0 Å². The van der Waals surface area contributed by atoms with E-state index in [1.807, 2.05) is 37.3 Å². The Morgan fingerprint density at radius 1 is 1.05 bits per heavy atom. The molecule has 1 N–H and O–H groups in total. The molecule has 0 bridgehead atoms. The summed E-state index contributed by atoms with van der Waals surface area (Å²) < 4.78 is 5.73. The maximum Gasteiger partial charge on any atom is 0.119 e. The summed E-state index contributed by atoms with van der Waals surface area (Å²) in [5.74, 6) is 0.858. The molecule has 0 fully saturated rings. The van der Waals surface area contributed by atoms with Gasteiger partial charge in [0.25, 0.3) is 0 Å². The van der Waals surface area contributed by atoms with Gasteiger partial charge in [-0.1, -0.05) is 35.9 Å². The Kier molecular flexibility index (Phi) is 3.75. The first-order chi connectivity index (χ1) is 9.72. The van der Waals surface area contributed by atoms with Crippen LogP contribution in [0.4, 0.5) is 0 Å². The van der Waals surface area contributed by atoms with E-state index in [0.717, 1.165) is 17.7 Å². The summed E-state index contributed by atoms with van der Waals surface area (Å²) >= 11 is 0. The van der Waals surface area contributed by atoms with Crippen LogP contribution in [0.2, 0.25) is 0 Å². The van der Waals surface area contributed by atoms with Crippen LogP contribution < -0.4 is 4.74 Å². The number of rotatable bonds is 4. The van der Waals surface area contributed by atoms with Crippen LogP contribution in [0.3, 0.4) is 0 Å². The van der Waals surface area contributed by atoms with Gasteiger partial charge in [0.2, 0.25) is 0 Å². The van der Waals surface area contributed by atoms with E-state index < -0.39 is 6.10 Å². The molecule has 1 aliphatic rings. The Labute approximate surface area is 120 Å². The number of ether oxygens (including phenoxy) is 1. The van der Waals surface area contributed by atoms with E-state index in [2.05, 4.69) is 12.1 Å². The second-order valence-corrected chi connectivity index (χ2v) is 5.52. The Bertz CT molecular complexity index is 587. The van der Waals surface area contributed by atoms with Gasteiger partial charge in [0.05, 0.1) is 0 Å². The molecule has 2 heteroatoms. The molecule has 20 heavy (non-hydrogen) atoms. The number of fused-ring (bicyclic) bond motifs is 1. The van der Waals surface area contributed by atoms with Crippen LogP contribution >= 0.6 is 0 Å². The number of aliphatic hydroxyl groups excluding tert-OH is 1. The summed E-state index contributed by atoms with van der Waals surface area (Å²) in [5.41, 5.74) is 4.93. The lowest BCUT2D eigenvalue weighted by molar-refractivity contribution is 0.108. The quantitative estimate of drug-likeness (QED) is 0.918. The summed E-state index contributed by atoms with van der Waals surface area (Å²) in [6, 6.07) is 14.2. The van der Waals surface area contributed by atoms with Crippen LogP contribution in [0.1, 0.15) is 34.8 Å². The average Bonchev–Trinajstić information content (AvgIpc) is 2.93. The fourth-order valence-corrected chi connectivity index (χ4v) is 2.70. The monoisotopic (exact) mass is 268 g/mol. The molecule has 2 nitrogen and oxygen atoms in total. The van der Waals surface area contributed by atoms with E-state index in [-0.39, 0.29) is 0 Å². The van der Waals surface area contributed by atoms with E-state index in [0.29, 0.717) is 6.61 Å². The summed E-state index contributed by atoms with van der Waals surface area (Å²) in [5, 5.41) is 10.1. The Hall–Kier alpha value is -1.80. The molecule has 0 amide bonds. The molecule has 1 aliphatic carbocycles. The third-order valence-corrected chi connectivity index (χ3v) is 3.94. The molecule has 0 aromatic heterocycles. The molecule has 3 rings (SSSR count). The van der Waals surface area contributed by atoms with Crippen molar-refractivity contribution in [1.29, 1.82) is 0 Å². The van der Waals surface area contributed by atoms with Gasteiger partial charge >= 0.3 is 0 Å². The second-order valence-electron chi connectivity index (χ2n) is 5.52. The normalized spacial score (nSPS) is 14.9. The predicted molar refractivity (Wildman–Crippen MR) is 80.1 cm³/mol. The third-order valence-electron chi connectivity index (χ3n) is 3.94. The Balaban J connectivity index is 1.63. The number of benzene rings is 2. The zero-order chi connectivity index (χ0) is 13.9. The van der Waals surface area contributed by atoms with Gasteiger partial charge in [-0.2, -0.15) is 0 Å². The molecular weight excluding hydrogens is 248 g/mol. The van der Waals surface area contributed by atoms with Crippen LogP contribution in [0, 0.1) is 6.92 Å². The van der Waals surface area contributed by atoms with E-state index in [4.69, 9.17) is 4.74 Å². The smallest absolute Gasteiger partial charge is 0.119 e. The van der Waals surface area contributed by atoms with Gasteiger partial charge in [-0.3, -0.25) is 0 Å². The van der Waals surface area contributed by atoms with Gasteiger partial charge in [0.1, 0.15) is 18.5 Å². The van der Waals surface area contributed by atoms with E-state index in [9.17, 15) is 5.11 Å². The van der Waals surface area contributed by atoms with Crippen LogP contribution in [0.25, 0.3) is 0 Å². The molecule has 0 saturated heterocycles. The number of aliphatic hydroxyl groups is 1. The van der Waals surface area contributed by atoms with Crippen LogP contribution in [0.15, 0.2) is 42.5 Å². The van der Waals surface area contributed by atoms with Crippen molar-refractivity contribution in [2.75, 3.05) is 6.61 Å². The highest BCUT2D eigenvalue weighted by molar-refractivity contribution is 5.38. The third kappa shape index (κ3) is 2.86. The Morgan fingerprint density at radius 2 is 1.80 bits per heavy atom. The first-order valence-corrected chi connectivity index (χ1v) is 7.21. The number of hydrogen-bond donors (Lipinski definition) is 1. The number of aryl methyl sites for hydroxylation is 3. The molecular formula is C18H20O2. The van der Waals surface area contributed by atoms with Gasteiger partial charge in [0, 0.05) is 0 Å². The van der Waals surface area contributed by atoms with Crippen molar-refractivity contribution in [2.45, 2.75) is 32.3 Å². The van der Waals surface area contributed by atoms with Crippen molar-refractivity contribution in [3.8, 4) is 5.75 Å². The fourth-order valence-electron chi connectivity index (χ4n) is 2.70. The molecule has 0 saturated carbocycles. The number of hydrogen-bond acceptors (Lipinski definition) is 2. The zero-order valence-corrected chi connectivity index (χ0v) is 11.8. The molecule has 0 aliphatic heterocycles. The SMILES string of the molecule is Cc1ccc(C(O)COc2ccc3c(c2)CCC3)cc1. The second kappa shape index (κ2) is 5.68. The average molecular weight is 268 g/mol. The van der Waals surface area contributed by atoms with Gasteiger partial charge in [-0.15, -0.1) is 0 Å². The summed E-state index contributed by atoms with van der Waals surface area (Å²) in [7, 11) is 0. The minimum atomic E-state index is -0.580. The molecule has 1 atom stereocenters. The summed E-state index contributed by atoms with van der Waals surface area (Å²) in [6.45, 7) is 2.33. The van der Waals surface area contributed by atoms with Crippen LogP contribution in [-0.2, 0) is 12.8 Å². The largest absolute Gasteiger partial charge is 0.491 e. The standard InChI is InChI=1S/C18H20O2/c1-13-5-7-15(8-6-13)18(19)12-20-17-10-9-14-3-2-4-16(14)11-17/h5-11,18-19H,2-4,12H2,1H3. The van der Waals surface area contributed by atoms with Gasteiger partial charge in [-0.25, -0.2) is 0 Å². The molecule has 1 unspecified atom stereocenters. The maximum atomic E-state index is 10.1. The van der Waals surface area contributed by atoms with Crippen molar-refractivity contribution in [3.63, 3.8) is 0 Å². The van der Waals surface area contributed by atoms with Crippen molar-refractivity contribution < 1.29 is 9.84 Å². The van der Waals surface area contributed by atoms with E-state index in [1.54, 1.807) is 0 Å². The maximum absolute atomic E-state index is 10.1.